The molecule has 2 aromatic heterocycles. The van der Waals surface area contributed by atoms with Crippen molar-refractivity contribution >= 4 is 28.6 Å². The SMILES string of the molecule is CCCCCNc1ccc2cc(-c3cc(OC)cc(OC)c3)c(NC(=O)C3CCCCC3)nc2n1. The first-order valence-corrected chi connectivity index (χ1v) is 12.7. The molecule has 0 radical (unpaired) electrons. The summed E-state index contributed by atoms with van der Waals surface area (Å²) in [6.45, 7) is 3.07. The second kappa shape index (κ2) is 11.9. The predicted octanol–water partition coefficient (Wildman–Crippen LogP) is 6.43. The highest BCUT2D eigenvalue weighted by molar-refractivity contribution is 5.98. The van der Waals surface area contributed by atoms with Gasteiger partial charge in [-0.15, -0.1) is 0 Å². The Bertz CT molecular complexity index is 1140. The molecular weight excluding hydrogens is 440 g/mol. The maximum absolute atomic E-state index is 13.2. The summed E-state index contributed by atoms with van der Waals surface area (Å²) >= 11 is 0. The predicted molar refractivity (Wildman–Crippen MR) is 141 cm³/mol. The van der Waals surface area contributed by atoms with Gasteiger partial charge in [-0.2, -0.15) is 0 Å². The molecular formula is C28H36N4O3. The number of unbranched alkanes of at least 4 members (excludes halogenated alkanes) is 2. The van der Waals surface area contributed by atoms with Crippen LogP contribution < -0.4 is 20.1 Å². The molecule has 0 saturated heterocycles. The Morgan fingerprint density at radius 2 is 1.71 bits per heavy atom. The fourth-order valence-corrected chi connectivity index (χ4v) is 4.60. The monoisotopic (exact) mass is 476 g/mol. The number of hydrogen-bond acceptors (Lipinski definition) is 6. The third-order valence-corrected chi connectivity index (χ3v) is 6.64. The van der Waals surface area contributed by atoms with Crippen LogP contribution in [0.2, 0.25) is 0 Å². The number of ether oxygens (including phenoxy) is 2. The summed E-state index contributed by atoms with van der Waals surface area (Å²) in [5.41, 5.74) is 2.27. The number of methoxy groups -OCH3 is 2. The molecule has 186 valence electrons. The van der Waals surface area contributed by atoms with Crippen LogP contribution in [0.4, 0.5) is 11.6 Å². The van der Waals surface area contributed by atoms with Gasteiger partial charge in [0, 0.05) is 29.5 Å². The number of carbonyl (C=O) groups excluding carboxylic acids is 1. The van der Waals surface area contributed by atoms with Crippen LogP contribution >= 0.6 is 0 Å². The highest BCUT2D eigenvalue weighted by Gasteiger charge is 2.23. The molecule has 7 heteroatoms. The van der Waals surface area contributed by atoms with Gasteiger partial charge >= 0.3 is 0 Å². The molecule has 1 aromatic carbocycles. The summed E-state index contributed by atoms with van der Waals surface area (Å²) in [6, 6.07) is 11.7. The maximum Gasteiger partial charge on any atom is 0.228 e. The first-order chi connectivity index (χ1) is 17.1. The van der Waals surface area contributed by atoms with Crippen molar-refractivity contribution in [2.45, 2.75) is 58.3 Å². The second-order valence-electron chi connectivity index (χ2n) is 9.19. The van der Waals surface area contributed by atoms with Gasteiger partial charge in [-0.05, 0) is 55.2 Å². The molecule has 1 aliphatic carbocycles. The van der Waals surface area contributed by atoms with Crippen LogP contribution in [0.15, 0.2) is 36.4 Å². The number of anilines is 2. The van der Waals surface area contributed by atoms with E-state index in [4.69, 9.17) is 19.4 Å². The van der Waals surface area contributed by atoms with Gasteiger partial charge < -0.3 is 20.1 Å². The lowest BCUT2D eigenvalue weighted by atomic mass is 9.88. The van der Waals surface area contributed by atoms with Crippen LogP contribution in [-0.4, -0.2) is 36.6 Å². The third kappa shape index (κ3) is 6.21. The summed E-state index contributed by atoms with van der Waals surface area (Å²) in [4.78, 5) is 22.7. The lowest BCUT2D eigenvalue weighted by Crippen LogP contribution is -2.25. The van der Waals surface area contributed by atoms with Crippen LogP contribution in [0.3, 0.4) is 0 Å². The fourth-order valence-electron chi connectivity index (χ4n) is 4.60. The maximum atomic E-state index is 13.2. The average Bonchev–Trinajstić information content (AvgIpc) is 2.90. The van der Waals surface area contributed by atoms with E-state index in [-0.39, 0.29) is 11.8 Å². The minimum Gasteiger partial charge on any atom is -0.497 e. The van der Waals surface area contributed by atoms with Gasteiger partial charge in [0.25, 0.3) is 0 Å². The van der Waals surface area contributed by atoms with Crippen LogP contribution in [-0.2, 0) is 4.79 Å². The Kier molecular flexibility index (Phi) is 8.40. The first kappa shape index (κ1) is 24.8. The third-order valence-electron chi connectivity index (χ3n) is 6.64. The molecule has 35 heavy (non-hydrogen) atoms. The number of aromatic nitrogens is 2. The number of hydrogen-bond donors (Lipinski definition) is 2. The summed E-state index contributed by atoms with van der Waals surface area (Å²) < 4.78 is 11.0. The number of nitrogens with zero attached hydrogens (tertiary/aromatic N) is 2. The first-order valence-electron chi connectivity index (χ1n) is 12.7. The zero-order valence-corrected chi connectivity index (χ0v) is 21.0. The summed E-state index contributed by atoms with van der Waals surface area (Å²) in [6.07, 6.45) is 8.70. The van der Waals surface area contributed by atoms with E-state index in [9.17, 15) is 4.79 Å². The van der Waals surface area contributed by atoms with Crippen molar-refractivity contribution in [2.24, 2.45) is 5.92 Å². The Labute approximate surface area is 207 Å². The van der Waals surface area contributed by atoms with Crippen molar-refractivity contribution in [3.8, 4) is 22.6 Å². The van der Waals surface area contributed by atoms with E-state index in [0.29, 0.717) is 23.0 Å². The molecule has 1 fully saturated rings. The van der Waals surface area contributed by atoms with Crippen molar-refractivity contribution in [3.05, 3.63) is 36.4 Å². The Morgan fingerprint density at radius 3 is 2.40 bits per heavy atom. The van der Waals surface area contributed by atoms with Crippen molar-refractivity contribution in [3.63, 3.8) is 0 Å². The molecule has 4 rings (SSSR count). The fraction of sp³-hybridized carbons (Fsp3) is 0.464. The van der Waals surface area contributed by atoms with E-state index in [1.807, 2.05) is 36.4 Å². The molecule has 0 unspecified atom stereocenters. The van der Waals surface area contributed by atoms with Crippen molar-refractivity contribution < 1.29 is 14.3 Å². The van der Waals surface area contributed by atoms with E-state index < -0.39 is 0 Å². The van der Waals surface area contributed by atoms with Gasteiger partial charge in [-0.1, -0.05) is 39.0 Å². The van der Waals surface area contributed by atoms with E-state index in [1.165, 1.54) is 19.3 Å². The summed E-state index contributed by atoms with van der Waals surface area (Å²) in [5, 5.41) is 7.42. The largest absolute Gasteiger partial charge is 0.497 e. The zero-order chi connectivity index (χ0) is 24.6. The summed E-state index contributed by atoms with van der Waals surface area (Å²) in [7, 11) is 3.25. The van der Waals surface area contributed by atoms with E-state index in [1.54, 1.807) is 14.2 Å². The standard InChI is InChI=1S/C28H36N4O3/c1-4-5-9-14-29-25-13-12-20-17-24(21-15-22(34-2)18-23(16-21)35-3)27(31-26(20)30-25)32-28(33)19-10-7-6-8-11-19/h12-13,15-19H,4-11,14H2,1-3H3,(H2,29,30,31,32,33). The molecule has 1 aliphatic rings. The number of rotatable bonds is 10. The summed E-state index contributed by atoms with van der Waals surface area (Å²) in [5.74, 6) is 2.71. The highest BCUT2D eigenvalue weighted by atomic mass is 16.5. The quantitative estimate of drug-likeness (QED) is 0.328. The second-order valence-corrected chi connectivity index (χ2v) is 9.19. The van der Waals surface area contributed by atoms with Crippen LogP contribution in [0.1, 0.15) is 58.3 Å². The molecule has 1 amide bonds. The molecule has 0 aliphatic heterocycles. The number of benzene rings is 1. The van der Waals surface area contributed by atoms with Gasteiger partial charge in [-0.3, -0.25) is 4.79 Å². The van der Waals surface area contributed by atoms with E-state index in [0.717, 1.165) is 61.0 Å². The van der Waals surface area contributed by atoms with Gasteiger partial charge in [0.2, 0.25) is 5.91 Å². The van der Waals surface area contributed by atoms with Gasteiger partial charge in [0.15, 0.2) is 5.65 Å². The van der Waals surface area contributed by atoms with Gasteiger partial charge in [-0.25, -0.2) is 9.97 Å². The Morgan fingerprint density at radius 1 is 0.971 bits per heavy atom. The number of pyridine rings is 2. The van der Waals surface area contributed by atoms with Crippen LogP contribution in [0.25, 0.3) is 22.2 Å². The molecule has 0 bridgehead atoms. The van der Waals surface area contributed by atoms with Crippen molar-refractivity contribution in [2.75, 3.05) is 31.4 Å². The number of carbonyl (C=O) groups is 1. The van der Waals surface area contributed by atoms with Gasteiger partial charge in [0.05, 0.1) is 14.2 Å². The highest BCUT2D eigenvalue weighted by Crippen LogP contribution is 2.36. The molecule has 3 aromatic rings. The number of amides is 1. The molecule has 7 nitrogen and oxygen atoms in total. The minimum atomic E-state index is 0.0217. The number of nitrogens with one attached hydrogen (secondary N) is 2. The van der Waals surface area contributed by atoms with Crippen molar-refractivity contribution in [1.82, 2.24) is 9.97 Å². The molecule has 2 N–H and O–H groups in total. The zero-order valence-electron chi connectivity index (χ0n) is 21.0. The molecule has 0 atom stereocenters. The lowest BCUT2D eigenvalue weighted by Gasteiger charge is -2.21. The Balaban J connectivity index is 1.73. The van der Waals surface area contributed by atoms with Crippen LogP contribution in [0.5, 0.6) is 11.5 Å². The molecule has 2 heterocycles. The topological polar surface area (TPSA) is 85.4 Å². The Hall–Kier alpha value is -3.35. The number of fused-ring (bicyclic) bond motifs is 1. The molecule has 1 saturated carbocycles. The lowest BCUT2D eigenvalue weighted by molar-refractivity contribution is -0.120. The normalized spacial score (nSPS) is 14.0. The molecule has 0 spiro atoms. The minimum absolute atomic E-state index is 0.0217. The van der Waals surface area contributed by atoms with Gasteiger partial charge in [0.1, 0.15) is 23.1 Å². The smallest absolute Gasteiger partial charge is 0.228 e. The van der Waals surface area contributed by atoms with E-state index in [2.05, 4.69) is 17.6 Å². The average molecular weight is 477 g/mol. The van der Waals surface area contributed by atoms with Crippen LogP contribution in [0, 0.1) is 5.92 Å². The van der Waals surface area contributed by atoms with E-state index >= 15 is 0 Å². The van der Waals surface area contributed by atoms with Crippen molar-refractivity contribution in [1.29, 1.82) is 0 Å².